The average Bonchev–Trinajstić information content (AvgIpc) is 3.87. The fraction of sp³-hybridized carbons (Fsp3) is 0.367. The third-order valence-corrected chi connectivity index (χ3v) is 14.7. The first kappa shape index (κ1) is 43.7. The molecule has 0 radical (unpaired) electrons. The molecule has 0 saturated heterocycles. The van der Waals surface area contributed by atoms with Crippen LogP contribution in [0.1, 0.15) is 127 Å². The van der Waals surface area contributed by atoms with E-state index >= 15 is 0 Å². The number of rotatable bonds is 19. The Balaban J connectivity index is 0.714. The summed E-state index contributed by atoms with van der Waals surface area (Å²) in [6, 6.07) is 54.2. The molecule has 0 unspecified atom stereocenters. The molecule has 0 aliphatic heterocycles. The Morgan fingerprint density at radius 2 is 0.742 bits per heavy atom. The number of anilines is 2. The lowest BCUT2D eigenvalue weighted by Crippen LogP contribution is -2.32. The zero-order valence-electron chi connectivity index (χ0n) is 39.0. The van der Waals surface area contributed by atoms with Crippen LogP contribution in [0.3, 0.4) is 0 Å². The first-order valence-electron chi connectivity index (χ1n) is 25.6. The van der Waals surface area contributed by atoms with Crippen LogP contribution in [0.15, 0.2) is 156 Å². The Morgan fingerprint density at radius 3 is 1.17 bits per heavy atom. The monoisotopic (exact) mass is 873 g/mol. The highest BCUT2D eigenvalue weighted by Gasteiger charge is 2.23. The molecule has 338 valence electrons. The first-order valence-corrected chi connectivity index (χ1v) is 25.6. The maximum Gasteiger partial charge on any atom is 0.0597 e. The van der Waals surface area contributed by atoms with Crippen LogP contribution in [0, 0.1) is 0 Å². The van der Waals surface area contributed by atoms with E-state index in [0.29, 0.717) is 12.1 Å². The second-order valence-electron chi connectivity index (χ2n) is 19.2. The molecule has 6 nitrogen and oxygen atoms in total. The van der Waals surface area contributed by atoms with Gasteiger partial charge in [0.2, 0.25) is 0 Å². The molecule has 0 amide bonds. The van der Waals surface area contributed by atoms with Crippen molar-refractivity contribution < 1.29 is 0 Å². The highest BCUT2D eigenvalue weighted by molar-refractivity contribution is 6.10. The number of fused-ring (bicyclic) bond motifs is 6. The number of benzene rings is 6. The molecular formula is C60H68N6. The van der Waals surface area contributed by atoms with Gasteiger partial charge in [0.25, 0.3) is 0 Å². The zero-order chi connectivity index (χ0) is 44.3. The molecule has 0 spiro atoms. The van der Waals surface area contributed by atoms with Crippen molar-refractivity contribution in [1.82, 2.24) is 9.13 Å². The van der Waals surface area contributed by atoms with Crippen molar-refractivity contribution in [2.75, 3.05) is 10.0 Å². The Kier molecular flexibility index (Phi) is 14.2. The minimum Gasteiger partial charge on any atom is -0.340 e. The number of aromatic nitrogens is 2. The second-order valence-corrected chi connectivity index (χ2v) is 19.2. The van der Waals surface area contributed by atoms with Crippen molar-refractivity contribution >= 4 is 67.4 Å². The summed E-state index contributed by atoms with van der Waals surface area (Å²) in [5, 5.41) is 20.2. The maximum absolute atomic E-state index is 5.14. The molecular weight excluding hydrogens is 805 g/mol. The molecule has 8 aromatic rings. The third-order valence-electron chi connectivity index (χ3n) is 14.7. The van der Waals surface area contributed by atoms with E-state index in [4.69, 9.17) is 10.2 Å². The van der Waals surface area contributed by atoms with Gasteiger partial charge in [-0.15, -0.1) is 0 Å². The largest absolute Gasteiger partial charge is 0.340 e. The zero-order valence-corrected chi connectivity index (χ0v) is 39.0. The van der Waals surface area contributed by atoms with E-state index in [2.05, 4.69) is 177 Å². The number of unbranched alkanes of at least 4 members (excludes halogenated alkanes) is 7. The highest BCUT2D eigenvalue weighted by Crippen LogP contribution is 2.34. The van der Waals surface area contributed by atoms with Crippen molar-refractivity contribution in [2.24, 2.45) is 10.2 Å². The standard InChI is InChI=1S/C60H68N6/c1(3-5-23-41-63-57-35-21-19-33-53(57)55-43-47(37-39-59(55)63)45-61-65(49-25-11-7-12-26-49)50-27-13-8-14-28-50)2-4-6-24-42-64-58-36-22-20-34-54(58)56-44-48(38-40-60(56)64)46-62-66(51-29-15-9-16-30-51)52-31-17-10-18-32-52/h7,9,11-12,15-16,19-22,25-26,29-30,33-40,43-46,50,52H,1-6,8,10,13-14,17-18,23-24,27-28,31-32,41-42H2. The Morgan fingerprint density at radius 1 is 0.379 bits per heavy atom. The minimum atomic E-state index is 0.464. The predicted octanol–water partition coefficient (Wildman–Crippen LogP) is 16.1. The van der Waals surface area contributed by atoms with Crippen molar-refractivity contribution in [2.45, 2.75) is 141 Å². The van der Waals surface area contributed by atoms with E-state index in [1.165, 1.54) is 171 Å². The van der Waals surface area contributed by atoms with Crippen LogP contribution >= 0.6 is 0 Å². The van der Waals surface area contributed by atoms with Crippen LogP contribution in [0.25, 0.3) is 43.6 Å². The van der Waals surface area contributed by atoms with Crippen LogP contribution in [0.4, 0.5) is 11.4 Å². The summed E-state index contributed by atoms with van der Waals surface area (Å²) >= 11 is 0. The van der Waals surface area contributed by atoms with Crippen LogP contribution < -0.4 is 10.0 Å². The molecule has 6 aromatic carbocycles. The number of aryl methyl sites for hydroxylation is 2. The lowest BCUT2D eigenvalue weighted by Gasteiger charge is -2.32. The van der Waals surface area contributed by atoms with Gasteiger partial charge in [-0.2, -0.15) is 10.2 Å². The third kappa shape index (κ3) is 9.99. The summed E-state index contributed by atoms with van der Waals surface area (Å²) in [4.78, 5) is 0. The van der Waals surface area contributed by atoms with E-state index in [1.54, 1.807) is 0 Å². The summed E-state index contributed by atoms with van der Waals surface area (Å²) in [5.74, 6) is 0. The quantitative estimate of drug-likeness (QED) is 0.0461. The maximum atomic E-state index is 5.14. The lowest BCUT2D eigenvalue weighted by atomic mass is 9.95. The van der Waals surface area contributed by atoms with Crippen LogP contribution in [-0.4, -0.2) is 33.6 Å². The summed E-state index contributed by atoms with van der Waals surface area (Å²) in [7, 11) is 0. The molecule has 2 aliphatic carbocycles. The average molecular weight is 873 g/mol. The summed E-state index contributed by atoms with van der Waals surface area (Å²) < 4.78 is 5.12. The van der Waals surface area contributed by atoms with E-state index in [1.807, 2.05) is 0 Å². The molecule has 10 rings (SSSR count). The molecule has 2 heterocycles. The van der Waals surface area contributed by atoms with Crippen molar-refractivity contribution in [3.8, 4) is 0 Å². The fourth-order valence-electron chi connectivity index (χ4n) is 11.2. The van der Waals surface area contributed by atoms with Gasteiger partial charge in [-0.1, -0.05) is 162 Å². The number of hydrazone groups is 2. The van der Waals surface area contributed by atoms with Crippen molar-refractivity contribution in [1.29, 1.82) is 0 Å². The molecule has 2 saturated carbocycles. The van der Waals surface area contributed by atoms with Crippen LogP contribution in [0.2, 0.25) is 0 Å². The highest BCUT2D eigenvalue weighted by atomic mass is 15.5. The molecule has 2 aliphatic rings. The van der Waals surface area contributed by atoms with Gasteiger partial charge in [0.15, 0.2) is 0 Å². The minimum absolute atomic E-state index is 0.464. The van der Waals surface area contributed by atoms with Gasteiger partial charge in [-0.25, -0.2) is 0 Å². The number of hydrogen-bond donors (Lipinski definition) is 0. The first-order chi connectivity index (χ1) is 32.8. The SMILES string of the molecule is C(=NN(c1ccccc1)C1CCCCC1)c1ccc2c(c1)c1ccccc1n2CCCCCCCCCCn1c2ccccc2c2cc(C=NN(c3ccccc3)C3CCCCC3)ccc21. The van der Waals surface area contributed by atoms with Crippen LogP contribution in [0.5, 0.6) is 0 Å². The smallest absolute Gasteiger partial charge is 0.0597 e. The Bertz CT molecular complexity index is 2660. The van der Waals surface area contributed by atoms with Gasteiger partial charge in [0.05, 0.1) is 35.9 Å². The van der Waals surface area contributed by atoms with Crippen molar-refractivity contribution in [3.05, 3.63) is 157 Å². The van der Waals surface area contributed by atoms with E-state index < -0.39 is 0 Å². The van der Waals surface area contributed by atoms with Gasteiger partial charge in [-0.05, 0) is 110 Å². The fourth-order valence-corrected chi connectivity index (χ4v) is 11.2. The molecule has 2 aromatic heterocycles. The second kappa shape index (κ2) is 21.4. The Labute approximate surface area is 392 Å². The Hall–Kier alpha value is -6.14. The van der Waals surface area contributed by atoms with E-state index in [0.717, 1.165) is 24.2 Å². The van der Waals surface area contributed by atoms with E-state index in [-0.39, 0.29) is 0 Å². The van der Waals surface area contributed by atoms with Gasteiger partial charge < -0.3 is 9.13 Å². The van der Waals surface area contributed by atoms with Crippen molar-refractivity contribution in [3.63, 3.8) is 0 Å². The number of nitrogens with zero attached hydrogens (tertiary/aromatic N) is 6. The number of hydrogen-bond acceptors (Lipinski definition) is 4. The van der Waals surface area contributed by atoms with Gasteiger partial charge in [0, 0.05) is 56.7 Å². The van der Waals surface area contributed by atoms with Gasteiger partial charge >= 0.3 is 0 Å². The number of para-hydroxylation sites is 4. The molecule has 0 atom stereocenters. The molecule has 2 fully saturated rings. The molecule has 0 bridgehead atoms. The van der Waals surface area contributed by atoms with E-state index in [9.17, 15) is 0 Å². The topological polar surface area (TPSA) is 41.1 Å². The predicted molar refractivity (Wildman–Crippen MR) is 283 cm³/mol. The lowest BCUT2D eigenvalue weighted by molar-refractivity contribution is 0.419. The summed E-state index contributed by atoms with van der Waals surface area (Å²) in [6.45, 7) is 2.11. The summed E-state index contributed by atoms with van der Waals surface area (Å²) in [6.07, 6.45) is 27.0. The molecule has 66 heavy (non-hydrogen) atoms. The normalized spacial score (nSPS) is 15.3. The van der Waals surface area contributed by atoms with Crippen LogP contribution in [-0.2, 0) is 13.1 Å². The van der Waals surface area contributed by atoms with Gasteiger partial charge in [0.1, 0.15) is 0 Å². The molecule has 0 N–H and O–H groups in total. The molecule has 6 heteroatoms. The summed E-state index contributed by atoms with van der Waals surface area (Å²) in [5.41, 5.74) is 10.0. The van der Waals surface area contributed by atoms with Gasteiger partial charge in [-0.3, -0.25) is 10.0 Å².